The van der Waals surface area contributed by atoms with Crippen molar-refractivity contribution in [2.45, 2.75) is 90.6 Å². The van der Waals surface area contributed by atoms with Crippen LogP contribution in [0, 0.1) is 0 Å². The third kappa shape index (κ3) is 15.4. The number of nitrogens with two attached hydrogens (primary N) is 1. The fraction of sp³-hybridized carbons (Fsp3) is 0.895. The van der Waals surface area contributed by atoms with Crippen molar-refractivity contribution in [2.24, 2.45) is 5.73 Å². The van der Waals surface area contributed by atoms with Gasteiger partial charge in [-0.3, -0.25) is 0 Å². The Morgan fingerprint density at radius 1 is 1.00 bits per heavy atom. The van der Waals surface area contributed by atoms with Gasteiger partial charge in [0.1, 0.15) is 17.2 Å². The molecule has 8 nitrogen and oxygen atoms in total. The SMILES string of the molecule is CC(C)(C)OC(=O)N[C@@H](CCCCNC[C@H](O)CCN)C(=O)OC(C)(C)C. The molecule has 0 heterocycles. The number of amides is 1. The van der Waals surface area contributed by atoms with Crippen LogP contribution < -0.4 is 16.4 Å². The summed E-state index contributed by atoms with van der Waals surface area (Å²) in [5.41, 5.74) is 4.11. The van der Waals surface area contributed by atoms with Gasteiger partial charge in [-0.1, -0.05) is 0 Å². The molecule has 27 heavy (non-hydrogen) atoms. The van der Waals surface area contributed by atoms with E-state index in [0.717, 1.165) is 6.42 Å². The van der Waals surface area contributed by atoms with Gasteiger partial charge in [-0.2, -0.15) is 0 Å². The summed E-state index contributed by atoms with van der Waals surface area (Å²) in [6, 6.07) is -0.762. The van der Waals surface area contributed by atoms with E-state index in [4.69, 9.17) is 15.2 Å². The smallest absolute Gasteiger partial charge is 0.408 e. The van der Waals surface area contributed by atoms with Crippen LogP contribution in [0.25, 0.3) is 0 Å². The van der Waals surface area contributed by atoms with Crippen molar-refractivity contribution in [2.75, 3.05) is 19.6 Å². The third-order valence-corrected chi connectivity index (χ3v) is 3.36. The van der Waals surface area contributed by atoms with E-state index >= 15 is 0 Å². The molecule has 0 aromatic carbocycles. The number of aliphatic hydroxyl groups is 1. The summed E-state index contributed by atoms with van der Waals surface area (Å²) in [7, 11) is 0. The summed E-state index contributed by atoms with van der Waals surface area (Å²) in [6.45, 7) is 12.3. The Balaban J connectivity index is 4.46. The van der Waals surface area contributed by atoms with Crippen LogP contribution in [-0.4, -0.2) is 60.2 Å². The van der Waals surface area contributed by atoms with Crippen LogP contribution >= 0.6 is 0 Å². The highest BCUT2D eigenvalue weighted by Gasteiger charge is 2.28. The van der Waals surface area contributed by atoms with Crippen molar-refractivity contribution in [3.63, 3.8) is 0 Å². The summed E-state index contributed by atoms with van der Waals surface area (Å²) in [6.07, 6.45) is 1.43. The van der Waals surface area contributed by atoms with Crippen LogP contribution in [-0.2, 0) is 14.3 Å². The second kappa shape index (κ2) is 12.2. The Morgan fingerprint density at radius 2 is 1.59 bits per heavy atom. The fourth-order valence-electron chi connectivity index (χ4n) is 2.23. The molecule has 0 spiro atoms. The fourth-order valence-corrected chi connectivity index (χ4v) is 2.23. The van der Waals surface area contributed by atoms with Crippen LogP contribution in [0.4, 0.5) is 4.79 Å². The number of hydrogen-bond acceptors (Lipinski definition) is 7. The van der Waals surface area contributed by atoms with Gasteiger partial charge in [-0.25, -0.2) is 9.59 Å². The first-order valence-electron chi connectivity index (χ1n) is 9.65. The number of unbranched alkanes of at least 4 members (excludes halogenated alkanes) is 1. The van der Waals surface area contributed by atoms with E-state index in [0.29, 0.717) is 38.9 Å². The molecule has 0 saturated heterocycles. The standard InChI is InChI=1S/C19H39N3O5/c1-18(2,3)26-16(24)15(22-17(25)27-19(4,5)6)9-7-8-12-21-13-14(23)10-11-20/h14-15,21,23H,7-13,20H2,1-6H3,(H,22,25)/t14-,15+/m1/s1. The first-order chi connectivity index (χ1) is 12.3. The highest BCUT2D eigenvalue weighted by molar-refractivity contribution is 5.81. The van der Waals surface area contributed by atoms with E-state index in [2.05, 4.69) is 10.6 Å². The van der Waals surface area contributed by atoms with E-state index in [1.807, 2.05) is 0 Å². The van der Waals surface area contributed by atoms with Crippen molar-refractivity contribution in [3.8, 4) is 0 Å². The highest BCUT2D eigenvalue weighted by Crippen LogP contribution is 2.13. The van der Waals surface area contributed by atoms with Gasteiger partial charge in [-0.15, -0.1) is 0 Å². The van der Waals surface area contributed by atoms with E-state index < -0.39 is 35.4 Å². The number of aliphatic hydroxyl groups excluding tert-OH is 1. The predicted molar refractivity (Wildman–Crippen MR) is 105 cm³/mol. The zero-order valence-electron chi connectivity index (χ0n) is 17.8. The summed E-state index contributed by atoms with van der Waals surface area (Å²) in [5.74, 6) is -0.473. The van der Waals surface area contributed by atoms with Gasteiger partial charge >= 0.3 is 12.1 Å². The molecule has 0 aliphatic heterocycles. The van der Waals surface area contributed by atoms with Gasteiger partial charge in [0.25, 0.3) is 0 Å². The molecular formula is C19H39N3O5. The maximum atomic E-state index is 12.4. The maximum Gasteiger partial charge on any atom is 0.408 e. The molecule has 0 rings (SSSR count). The molecule has 1 amide bonds. The van der Waals surface area contributed by atoms with E-state index in [-0.39, 0.29) is 0 Å². The zero-order chi connectivity index (χ0) is 21.1. The van der Waals surface area contributed by atoms with Gasteiger partial charge in [0, 0.05) is 6.54 Å². The van der Waals surface area contributed by atoms with Gasteiger partial charge in [0.15, 0.2) is 0 Å². The first-order valence-corrected chi connectivity index (χ1v) is 9.65. The average Bonchev–Trinajstić information content (AvgIpc) is 2.46. The van der Waals surface area contributed by atoms with Gasteiger partial charge in [0.2, 0.25) is 0 Å². The second-order valence-corrected chi connectivity index (χ2v) is 8.66. The third-order valence-electron chi connectivity index (χ3n) is 3.36. The largest absolute Gasteiger partial charge is 0.458 e. The van der Waals surface area contributed by atoms with Gasteiger partial charge in [-0.05, 0) is 80.3 Å². The molecular weight excluding hydrogens is 350 g/mol. The number of alkyl carbamates (subject to hydrolysis) is 1. The Labute approximate surface area is 163 Å². The molecule has 0 saturated carbocycles. The lowest BCUT2D eigenvalue weighted by molar-refractivity contribution is -0.157. The number of rotatable bonds is 11. The molecule has 0 aliphatic rings. The minimum absolute atomic E-state index is 0.446. The monoisotopic (exact) mass is 389 g/mol. The lowest BCUT2D eigenvalue weighted by Gasteiger charge is -2.26. The molecule has 0 aromatic rings. The Morgan fingerprint density at radius 3 is 2.11 bits per heavy atom. The minimum atomic E-state index is -0.762. The number of carbonyl (C=O) groups is 2. The molecule has 0 aromatic heterocycles. The van der Waals surface area contributed by atoms with E-state index in [1.165, 1.54) is 0 Å². The molecule has 0 radical (unpaired) electrons. The Bertz CT molecular complexity index is 444. The number of ether oxygens (including phenoxy) is 2. The molecule has 0 bridgehead atoms. The van der Waals surface area contributed by atoms with Crippen molar-refractivity contribution in [3.05, 3.63) is 0 Å². The lowest BCUT2D eigenvalue weighted by Crippen LogP contribution is -2.46. The highest BCUT2D eigenvalue weighted by atomic mass is 16.6. The van der Waals surface area contributed by atoms with Crippen LogP contribution in [0.3, 0.4) is 0 Å². The van der Waals surface area contributed by atoms with Crippen LogP contribution in [0.15, 0.2) is 0 Å². The Kier molecular flexibility index (Phi) is 11.5. The van der Waals surface area contributed by atoms with Crippen LogP contribution in [0.2, 0.25) is 0 Å². The minimum Gasteiger partial charge on any atom is -0.458 e. The predicted octanol–water partition coefficient (Wildman–Crippen LogP) is 1.69. The summed E-state index contributed by atoms with van der Waals surface area (Å²) >= 11 is 0. The second-order valence-electron chi connectivity index (χ2n) is 8.66. The quantitative estimate of drug-likeness (QED) is 0.313. The molecule has 0 aliphatic carbocycles. The average molecular weight is 390 g/mol. The van der Waals surface area contributed by atoms with Crippen molar-refractivity contribution >= 4 is 12.1 Å². The van der Waals surface area contributed by atoms with Gasteiger partial charge < -0.3 is 30.9 Å². The molecule has 160 valence electrons. The molecule has 2 atom stereocenters. The van der Waals surface area contributed by atoms with Crippen molar-refractivity contribution < 1.29 is 24.2 Å². The van der Waals surface area contributed by atoms with Crippen LogP contribution in [0.1, 0.15) is 67.2 Å². The molecule has 8 heteroatoms. The topological polar surface area (TPSA) is 123 Å². The summed E-state index contributed by atoms with van der Waals surface area (Å²) < 4.78 is 10.6. The van der Waals surface area contributed by atoms with E-state index in [9.17, 15) is 14.7 Å². The van der Waals surface area contributed by atoms with Crippen molar-refractivity contribution in [1.29, 1.82) is 0 Å². The van der Waals surface area contributed by atoms with Crippen LogP contribution in [0.5, 0.6) is 0 Å². The summed E-state index contributed by atoms with van der Waals surface area (Å²) in [5, 5.41) is 15.4. The normalized spacial score (nSPS) is 14.4. The molecule has 5 N–H and O–H groups in total. The summed E-state index contributed by atoms with van der Waals surface area (Å²) in [4.78, 5) is 24.4. The van der Waals surface area contributed by atoms with E-state index in [1.54, 1.807) is 41.5 Å². The maximum absolute atomic E-state index is 12.4. The first kappa shape index (κ1) is 25.6. The van der Waals surface area contributed by atoms with Crippen molar-refractivity contribution in [1.82, 2.24) is 10.6 Å². The number of carbonyl (C=O) groups excluding carboxylic acids is 2. The zero-order valence-corrected chi connectivity index (χ0v) is 17.8. The van der Waals surface area contributed by atoms with Gasteiger partial charge in [0.05, 0.1) is 6.10 Å². The lowest BCUT2D eigenvalue weighted by atomic mass is 10.1. The number of nitrogens with one attached hydrogen (secondary N) is 2. The molecule has 0 fully saturated rings. The number of hydrogen-bond donors (Lipinski definition) is 4. The molecule has 0 unspecified atom stereocenters. The Hall–Kier alpha value is -1.38. The number of esters is 1.